The molecule has 0 bridgehead atoms. The molecule has 31 heteroatoms. The minimum Gasteiger partial charge on any atom is -0.444 e. The predicted octanol–water partition coefficient (Wildman–Crippen LogP) is 7.66. The molecule has 0 saturated carbocycles. The Hall–Kier alpha value is -9.88. The Kier molecular flexibility index (Phi) is 18.8. The Bertz CT molecular complexity index is 4440. The highest BCUT2D eigenvalue weighted by molar-refractivity contribution is 9.10. The molecule has 3 amide bonds. The SMILES string of the molecule is CC(C)Cn1c(=O)c([N+](=O)[O-])c(N2CCN(C(=O)c3cccs3)CC2)c2ccccc21.CNc1nsnc1C(=O)N1CCN(c2c([N+](=O)[O-])c(=O)n(C)c3ccccc23)CC1.Cn1c(=O)c([N+](=O)[O-])c(N2CCN(C(=O)c3ccc(Br)o3)CC2)c2ccccc21. The van der Waals surface area contributed by atoms with Gasteiger partial charge in [0.1, 0.15) is 17.1 Å². The molecule has 1 N–H and O–H groups in total. The molecule has 90 heavy (non-hydrogen) atoms. The molecule has 3 aliphatic heterocycles. The second kappa shape index (κ2) is 26.8. The number of aryl methyl sites for hydroxylation is 2. The van der Waals surface area contributed by atoms with Gasteiger partial charge in [0.25, 0.3) is 17.7 Å². The van der Waals surface area contributed by atoms with Crippen LogP contribution in [0.4, 0.5) is 39.9 Å². The van der Waals surface area contributed by atoms with E-state index in [0.29, 0.717) is 150 Å². The van der Waals surface area contributed by atoms with Crippen molar-refractivity contribution in [2.45, 2.75) is 20.4 Å². The van der Waals surface area contributed by atoms with E-state index in [1.807, 2.05) is 64.3 Å². The lowest BCUT2D eigenvalue weighted by molar-refractivity contribution is -0.385. The minimum absolute atomic E-state index is 0.0265. The number of carbonyl (C=O) groups is 3. The monoisotopic (exact) mass is 1330 g/mol. The number of fused-ring (bicyclic) bond motifs is 3. The topological polar surface area (TPSA) is 317 Å². The van der Waals surface area contributed by atoms with Gasteiger partial charge in [-0.05, 0) is 63.6 Å². The zero-order valence-electron chi connectivity index (χ0n) is 49.3. The third-order valence-corrected chi connectivity index (χ3v) is 17.6. The van der Waals surface area contributed by atoms with Crippen LogP contribution in [0, 0.1) is 36.3 Å². The van der Waals surface area contributed by atoms with Gasteiger partial charge in [0, 0.05) is 122 Å². The molecular formula is C59H60BrN15O13S2. The van der Waals surface area contributed by atoms with E-state index in [0.717, 1.165) is 11.7 Å². The fourth-order valence-electron chi connectivity index (χ4n) is 11.5. The summed E-state index contributed by atoms with van der Waals surface area (Å²) in [5, 5.41) is 42.2. The van der Waals surface area contributed by atoms with Crippen molar-refractivity contribution in [2.24, 2.45) is 20.0 Å². The first kappa shape index (κ1) is 63.1. The third kappa shape index (κ3) is 12.5. The lowest BCUT2D eigenvalue weighted by Gasteiger charge is -2.36. The lowest BCUT2D eigenvalue weighted by Crippen LogP contribution is -2.49. The number of thiophene rings is 1. The summed E-state index contributed by atoms with van der Waals surface area (Å²) in [5.41, 5.74) is 0.000129. The van der Waals surface area contributed by atoms with Crippen LogP contribution < -0.4 is 36.7 Å². The zero-order chi connectivity index (χ0) is 64.2. The van der Waals surface area contributed by atoms with E-state index in [1.165, 1.54) is 39.1 Å². The second-order valence-corrected chi connectivity index (χ2v) is 23.8. The van der Waals surface area contributed by atoms with E-state index in [-0.39, 0.29) is 35.1 Å². The van der Waals surface area contributed by atoms with Gasteiger partial charge in [0.15, 0.2) is 21.9 Å². The minimum atomic E-state index is -0.653. The molecule has 0 aliphatic carbocycles. The van der Waals surface area contributed by atoms with Gasteiger partial charge in [-0.1, -0.05) is 74.5 Å². The van der Waals surface area contributed by atoms with E-state index in [9.17, 15) is 59.1 Å². The highest BCUT2D eigenvalue weighted by Crippen LogP contribution is 2.38. The van der Waals surface area contributed by atoms with Gasteiger partial charge in [-0.15, -0.1) is 11.3 Å². The highest BCUT2D eigenvalue weighted by atomic mass is 79.9. The van der Waals surface area contributed by atoms with Crippen molar-refractivity contribution in [1.82, 2.24) is 37.1 Å². The molecule has 468 valence electrons. The summed E-state index contributed by atoms with van der Waals surface area (Å²) in [6, 6.07) is 28.4. The Balaban J connectivity index is 0.000000149. The molecule has 3 aromatic carbocycles. The number of hydrogen-bond donors (Lipinski definition) is 1. The number of pyridine rings is 3. The number of carbonyl (C=O) groups excluding carboxylic acids is 3. The van der Waals surface area contributed by atoms with E-state index in [1.54, 1.807) is 88.5 Å². The first-order valence-corrected chi connectivity index (χ1v) is 30.8. The molecule has 3 aliphatic rings. The molecule has 12 rings (SSSR count). The highest BCUT2D eigenvalue weighted by Gasteiger charge is 2.36. The fraction of sp³-hybridized carbons (Fsp3) is 0.322. The molecule has 6 aromatic heterocycles. The number of para-hydroxylation sites is 3. The molecule has 3 saturated heterocycles. The number of nitrogens with one attached hydrogen (secondary N) is 1. The second-order valence-electron chi connectivity index (χ2n) is 21.6. The third-order valence-electron chi connectivity index (χ3n) is 15.8. The number of anilines is 4. The van der Waals surface area contributed by atoms with E-state index in [2.05, 4.69) is 30.0 Å². The number of amides is 3. The van der Waals surface area contributed by atoms with Crippen molar-refractivity contribution in [3.05, 3.63) is 185 Å². The molecule has 0 unspecified atom stereocenters. The molecule has 9 aromatic rings. The average molecular weight is 1330 g/mol. The molecular weight excluding hydrogens is 1270 g/mol. The smallest absolute Gasteiger partial charge is 0.357 e. The van der Waals surface area contributed by atoms with E-state index in [4.69, 9.17) is 4.42 Å². The number of benzene rings is 3. The fourth-order valence-corrected chi connectivity index (χ4v) is 13.0. The number of aromatic nitrogens is 5. The normalized spacial score (nSPS) is 14.3. The predicted molar refractivity (Wildman–Crippen MR) is 346 cm³/mol. The summed E-state index contributed by atoms with van der Waals surface area (Å²) < 4.78 is 18.0. The number of piperazine rings is 3. The average Bonchev–Trinajstić information content (AvgIpc) is 0.918. The van der Waals surface area contributed by atoms with Crippen LogP contribution in [0.25, 0.3) is 32.7 Å². The van der Waals surface area contributed by atoms with Crippen LogP contribution in [0.2, 0.25) is 0 Å². The summed E-state index contributed by atoms with van der Waals surface area (Å²) >= 11 is 5.54. The number of halogens is 1. The maximum Gasteiger partial charge on any atom is 0.357 e. The largest absolute Gasteiger partial charge is 0.444 e. The Morgan fingerprint density at radius 1 is 0.567 bits per heavy atom. The number of hydrogen-bond acceptors (Lipinski definition) is 21. The Morgan fingerprint density at radius 2 is 0.989 bits per heavy atom. The standard InChI is InChI=1S/C22H24N4O4S.C19H17BrN4O5.C18H19N7O4S/c1-15(2)14-25-17-7-4-3-6-16(17)19(20(22(25)28)26(29)30)23-9-11-24(12-10-23)21(27)18-8-5-13-31-18;1-21-13-5-3-2-4-12(13)16(17(19(21)26)24(27)28)22-8-10-23(11-9-22)18(25)14-6-7-15(20)29-14;1-19-16-13(20-30-21-16)17(26)24-9-7-23(8-10-24)14-11-5-3-4-6-12(11)22(2)18(27)15(14)25(28)29/h3-8,13,15H,9-12,14H2,1-2H3;2-7H,8-11H2,1H3;3-6H,7-10H2,1-2H3,(H,19,21). The van der Waals surface area contributed by atoms with Crippen molar-refractivity contribution in [2.75, 3.05) is 106 Å². The van der Waals surface area contributed by atoms with Crippen molar-refractivity contribution in [3.63, 3.8) is 0 Å². The van der Waals surface area contributed by atoms with Crippen LogP contribution in [0.3, 0.4) is 0 Å². The van der Waals surface area contributed by atoms with Crippen LogP contribution in [0.1, 0.15) is 44.6 Å². The van der Waals surface area contributed by atoms with Gasteiger partial charge >= 0.3 is 33.7 Å². The summed E-state index contributed by atoms with van der Waals surface area (Å²) in [6.07, 6.45) is 0. The lowest BCUT2D eigenvalue weighted by atomic mass is 10.1. The number of furan rings is 1. The van der Waals surface area contributed by atoms with Crippen LogP contribution in [0.5, 0.6) is 0 Å². The molecule has 9 heterocycles. The van der Waals surface area contributed by atoms with Crippen molar-refractivity contribution < 1.29 is 33.6 Å². The van der Waals surface area contributed by atoms with Crippen molar-refractivity contribution >= 4 is 129 Å². The first-order valence-electron chi connectivity index (χ1n) is 28.4. The molecule has 28 nitrogen and oxygen atoms in total. The van der Waals surface area contributed by atoms with E-state index < -0.39 is 48.5 Å². The summed E-state index contributed by atoms with van der Waals surface area (Å²) in [7, 11) is 4.73. The molecule has 0 spiro atoms. The van der Waals surface area contributed by atoms with Crippen LogP contribution in [-0.4, -0.2) is 155 Å². The van der Waals surface area contributed by atoms with Gasteiger partial charge in [-0.2, -0.15) is 8.75 Å². The quantitative estimate of drug-likeness (QED) is 0.0906. The molecule has 3 fully saturated rings. The number of rotatable bonds is 12. The summed E-state index contributed by atoms with van der Waals surface area (Å²) in [6.45, 7) is 8.96. The number of nitro groups is 3. The van der Waals surface area contributed by atoms with Gasteiger partial charge in [-0.3, -0.25) is 59.1 Å². The van der Waals surface area contributed by atoms with Crippen molar-refractivity contribution in [3.8, 4) is 0 Å². The number of nitrogens with zero attached hydrogens (tertiary/aromatic N) is 14. The van der Waals surface area contributed by atoms with E-state index >= 15 is 0 Å². The first-order chi connectivity index (χ1) is 43.2. The zero-order valence-corrected chi connectivity index (χ0v) is 52.6. The summed E-state index contributed by atoms with van der Waals surface area (Å²) in [5.74, 6) is 0.324. The van der Waals surface area contributed by atoms with Crippen LogP contribution >= 0.6 is 39.0 Å². The van der Waals surface area contributed by atoms with Crippen LogP contribution in [-0.2, 0) is 20.6 Å². The van der Waals surface area contributed by atoms with Crippen LogP contribution in [0.15, 0.2) is 126 Å². The molecule has 0 radical (unpaired) electrons. The maximum atomic E-state index is 13.2. The Morgan fingerprint density at radius 3 is 1.40 bits per heavy atom. The summed E-state index contributed by atoms with van der Waals surface area (Å²) in [4.78, 5) is 121. The maximum absolute atomic E-state index is 13.2. The Labute approximate surface area is 528 Å². The van der Waals surface area contributed by atoms with Gasteiger partial charge in [-0.25, -0.2) is 0 Å². The van der Waals surface area contributed by atoms with Gasteiger partial charge in [0.2, 0.25) is 0 Å². The molecule has 0 atom stereocenters. The van der Waals surface area contributed by atoms with Crippen molar-refractivity contribution in [1.29, 1.82) is 0 Å². The van der Waals surface area contributed by atoms with Gasteiger partial charge < -0.3 is 52.8 Å². The van der Waals surface area contributed by atoms with Gasteiger partial charge in [0.05, 0.1) is 47.9 Å².